The van der Waals surface area contributed by atoms with Gasteiger partial charge in [-0.3, -0.25) is 9.89 Å². The van der Waals surface area contributed by atoms with Crippen LogP contribution >= 0.6 is 0 Å². The number of amides is 1. The lowest BCUT2D eigenvalue weighted by molar-refractivity contribution is 0.0950. The van der Waals surface area contributed by atoms with Gasteiger partial charge in [-0.1, -0.05) is 51.1 Å². The Morgan fingerprint density at radius 1 is 1.30 bits per heavy atom. The molecule has 1 aromatic heterocycles. The molecule has 5 heteroatoms. The highest BCUT2D eigenvalue weighted by Gasteiger charge is 2.18. The van der Waals surface area contributed by atoms with E-state index in [9.17, 15) is 4.79 Å². The van der Waals surface area contributed by atoms with Gasteiger partial charge in [-0.05, 0) is 11.6 Å². The second kappa shape index (κ2) is 5.69. The van der Waals surface area contributed by atoms with Gasteiger partial charge in [0.15, 0.2) is 5.69 Å². The van der Waals surface area contributed by atoms with Crippen LogP contribution in [0.5, 0.6) is 0 Å². The molecule has 0 aliphatic heterocycles. The van der Waals surface area contributed by atoms with Crippen molar-refractivity contribution in [3.63, 3.8) is 0 Å². The zero-order valence-electron chi connectivity index (χ0n) is 11.8. The van der Waals surface area contributed by atoms with E-state index in [2.05, 4.69) is 41.5 Å². The number of nitrogens with zero attached hydrogens (tertiary/aromatic N) is 2. The monoisotopic (exact) mass is 270 g/mol. The highest BCUT2D eigenvalue weighted by molar-refractivity contribution is 5.93. The number of hydrogen-bond donors (Lipinski definition) is 2. The van der Waals surface area contributed by atoms with Crippen molar-refractivity contribution >= 4 is 12.1 Å². The predicted octanol–water partition coefficient (Wildman–Crippen LogP) is 2.47. The third kappa shape index (κ3) is 3.54. The van der Waals surface area contributed by atoms with Crippen LogP contribution in [0.15, 0.2) is 41.5 Å². The number of hydrazone groups is 1. The number of carbonyl (C=O) groups excluding carboxylic acids is 1. The first-order valence-corrected chi connectivity index (χ1v) is 6.41. The van der Waals surface area contributed by atoms with E-state index in [-0.39, 0.29) is 11.3 Å². The van der Waals surface area contributed by atoms with E-state index in [4.69, 9.17) is 0 Å². The molecule has 1 heterocycles. The van der Waals surface area contributed by atoms with Crippen molar-refractivity contribution in [2.75, 3.05) is 0 Å². The molecule has 104 valence electrons. The quantitative estimate of drug-likeness (QED) is 0.664. The molecule has 0 fully saturated rings. The largest absolute Gasteiger partial charge is 0.291 e. The number of benzene rings is 1. The summed E-state index contributed by atoms with van der Waals surface area (Å²) >= 11 is 0. The van der Waals surface area contributed by atoms with E-state index >= 15 is 0 Å². The molecule has 2 N–H and O–H groups in total. The van der Waals surface area contributed by atoms with Crippen molar-refractivity contribution in [2.24, 2.45) is 5.10 Å². The van der Waals surface area contributed by atoms with Gasteiger partial charge in [-0.15, -0.1) is 0 Å². The van der Waals surface area contributed by atoms with Crippen LogP contribution in [0.2, 0.25) is 0 Å². The molecule has 0 aliphatic carbocycles. The van der Waals surface area contributed by atoms with E-state index < -0.39 is 0 Å². The van der Waals surface area contributed by atoms with Crippen molar-refractivity contribution in [1.29, 1.82) is 0 Å². The number of hydrogen-bond acceptors (Lipinski definition) is 3. The van der Waals surface area contributed by atoms with Crippen LogP contribution in [0.1, 0.15) is 42.5 Å². The molecular formula is C15H18N4O. The van der Waals surface area contributed by atoms with Crippen LogP contribution < -0.4 is 5.43 Å². The SMILES string of the molecule is CC(C)(C)c1cc(C(=O)N/N=C/c2ccccc2)n[nH]1. The van der Waals surface area contributed by atoms with Crippen LogP contribution in [0.4, 0.5) is 0 Å². The second-order valence-electron chi connectivity index (χ2n) is 5.53. The Labute approximate surface area is 118 Å². The summed E-state index contributed by atoms with van der Waals surface area (Å²) in [7, 11) is 0. The molecule has 1 aromatic carbocycles. The van der Waals surface area contributed by atoms with E-state index in [0.717, 1.165) is 11.3 Å². The maximum atomic E-state index is 11.9. The number of nitrogens with one attached hydrogen (secondary N) is 2. The van der Waals surface area contributed by atoms with E-state index in [1.165, 1.54) is 0 Å². The molecule has 2 aromatic rings. The minimum atomic E-state index is -0.330. The van der Waals surface area contributed by atoms with E-state index in [1.807, 2.05) is 30.3 Å². The molecule has 0 unspecified atom stereocenters. The molecule has 1 amide bonds. The third-order valence-electron chi connectivity index (χ3n) is 2.80. The maximum absolute atomic E-state index is 11.9. The summed E-state index contributed by atoms with van der Waals surface area (Å²) in [6, 6.07) is 11.3. The minimum Gasteiger partial charge on any atom is -0.281 e. The predicted molar refractivity (Wildman–Crippen MR) is 78.8 cm³/mol. The first-order chi connectivity index (χ1) is 9.47. The summed E-state index contributed by atoms with van der Waals surface area (Å²) in [5.74, 6) is -0.330. The summed E-state index contributed by atoms with van der Waals surface area (Å²) in [5.41, 5.74) is 4.56. The summed E-state index contributed by atoms with van der Waals surface area (Å²) in [6.07, 6.45) is 1.59. The smallest absolute Gasteiger partial charge is 0.281 e. The normalized spacial score (nSPS) is 11.8. The molecule has 0 atom stereocenters. The number of aromatic amines is 1. The minimum absolute atomic E-state index is 0.0706. The van der Waals surface area contributed by atoms with E-state index in [0.29, 0.717) is 5.69 Å². The topological polar surface area (TPSA) is 70.1 Å². The first kappa shape index (κ1) is 14.0. The van der Waals surface area contributed by atoms with Crippen molar-refractivity contribution < 1.29 is 4.79 Å². The number of H-pyrrole nitrogens is 1. The standard InChI is InChI=1S/C15H18N4O/c1-15(2,3)13-9-12(17-18-13)14(20)19-16-10-11-7-5-4-6-8-11/h4-10H,1-3H3,(H,17,18)(H,19,20)/b16-10+. The summed E-state index contributed by atoms with van der Waals surface area (Å²) in [5, 5.41) is 10.8. The highest BCUT2D eigenvalue weighted by Crippen LogP contribution is 2.20. The van der Waals surface area contributed by atoms with Gasteiger partial charge in [-0.2, -0.15) is 10.2 Å². The Morgan fingerprint density at radius 2 is 2.00 bits per heavy atom. The Morgan fingerprint density at radius 3 is 2.60 bits per heavy atom. The molecule has 0 saturated heterocycles. The summed E-state index contributed by atoms with van der Waals surface area (Å²) < 4.78 is 0. The molecule has 2 rings (SSSR count). The van der Waals surface area contributed by atoms with Gasteiger partial charge in [0, 0.05) is 11.1 Å². The molecule has 5 nitrogen and oxygen atoms in total. The summed E-state index contributed by atoms with van der Waals surface area (Å²) in [4.78, 5) is 11.9. The van der Waals surface area contributed by atoms with Crippen LogP contribution in [-0.4, -0.2) is 22.3 Å². The lowest BCUT2D eigenvalue weighted by Gasteiger charge is -2.14. The fourth-order valence-corrected chi connectivity index (χ4v) is 1.58. The maximum Gasteiger partial charge on any atom is 0.291 e. The molecule has 0 saturated carbocycles. The second-order valence-corrected chi connectivity index (χ2v) is 5.53. The van der Waals surface area contributed by atoms with Crippen molar-refractivity contribution in [3.8, 4) is 0 Å². The lowest BCUT2D eigenvalue weighted by Crippen LogP contribution is -2.18. The van der Waals surface area contributed by atoms with Gasteiger partial charge in [0.2, 0.25) is 0 Å². The zero-order chi connectivity index (χ0) is 14.6. The number of carbonyl (C=O) groups is 1. The fraction of sp³-hybridized carbons (Fsp3) is 0.267. The fourth-order valence-electron chi connectivity index (χ4n) is 1.58. The first-order valence-electron chi connectivity index (χ1n) is 6.41. The Bertz CT molecular complexity index is 608. The van der Waals surface area contributed by atoms with Crippen molar-refractivity contribution in [3.05, 3.63) is 53.3 Å². The van der Waals surface area contributed by atoms with E-state index in [1.54, 1.807) is 12.3 Å². The van der Waals surface area contributed by atoms with Crippen molar-refractivity contribution in [2.45, 2.75) is 26.2 Å². The Balaban J connectivity index is 1.99. The molecular weight excluding hydrogens is 252 g/mol. The molecule has 0 aliphatic rings. The Hall–Kier alpha value is -2.43. The van der Waals surface area contributed by atoms with Gasteiger partial charge in [0.25, 0.3) is 5.91 Å². The summed E-state index contributed by atoms with van der Waals surface area (Å²) in [6.45, 7) is 6.15. The third-order valence-corrected chi connectivity index (χ3v) is 2.80. The van der Waals surface area contributed by atoms with Crippen LogP contribution in [-0.2, 0) is 5.41 Å². The number of rotatable bonds is 3. The average Bonchev–Trinajstić information content (AvgIpc) is 2.89. The van der Waals surface area contributed by atoms with Crippen LogP contribution in [0, 0.1) is 0 Å². The van der Waals surface area contributed by atoms with Gasteiger partial charge in [0.05, 0.1) is 6.21 Å². The van der Waals surface area contributed by atoms with Crippen LogP contribution in [0.3, 0.4) is 0 Å². The lowest BCUT2D eigenvalue weighted by atomic mass is 9.92. The van der Waals surface area contributed by atoms with Gasteiger partial charge < -0.3 is 0 Å². The zero-order valence-corrected chi connectivity index (χ0v) is 11.8. The Kier molecular flexibility index (Phi) is 3.98. The van der Waals surface area contributed by atoms with Crippen LogP contribution in [0.25, 0.3) is 0 Å². The molecule has 20 heavy (non-hydrogen) atoms. The molecule has 0 radical (unpaired) electrons. The molecule has 0 bridgehead atoms. The highest BCUT2D eigenvalue weighted by atomic mass is 16.2. The number of aromatic nitrogens is 2. The average molecular weight is 270 g/mol. The molecule has 0 spiro atoms. The van der Waals surface area contributed by atoms with Gasteiger partial charge in [-0.25, -0.2) is 5.43 Å². The van der Waals surface area contributed by atoms with Gasteiger partial charge in [0.1, 0.15) is 0 Å². The van der Waals surface area contributed by atoms with Crippen molar-refractivity contribution in [1.82, 2.24) is 15.6 Å². The van der Waals surface area contributed by atoms with Gasteiger partial charge >= 0.3 is 0 Å².